The van der Waals surface area contributed by atoms with Crippen molar-refractivity contribution in [2.45, 2.75) is 138 Å². The third-order valence-corrected chi connectivity index (χ3v) is 6.97. The molecule has 0 saturated carbocycles. The summed E-state index contributed by atoms with van der Waals surface area (Å²) in [4.78, 5) is 0. The van der Waals surface area contributed by atoms with Crippen LogP contribution in [0, 0.1) is 29.6 Å². The molecule has 0 bridgehead atoms. The van der Waals surface area contributed by atoms with Gasteiger partial charge in [0.1, 0.15) is 0 Å². The van der Waals surface area contributed by atoms with Crippen molar-refractivity contribution in [1.82, 2.24) is 0 Å². The topological polar surface area (TPSA) is 0 Å². The molecule has 158 valence electrons. The van der Waals surface area contributed by atoms with Crippen molar-refractivity contribution in [3.63, 3.8) is 0 Å². The average molecular weight is 367 g/mol. The molecule has 0 aliphatic rings. The van der Waals surface area contributed by atoms with Crippen LogP contribution in [0.4, 0.5) is 0 Å². The van der Waals surface area contributed by atoms with E-state index in [1.807, 2.05) is 0 Å². The van der Waals surface area contributed by atoms with E-state index in [0.717, 1.165) is 29.6 Å². The van der Waals surface area contributed by atoms with Gasteiger partial charge in [-0.1, -0.05) is 138 Å². The smallest absolute Gasteiger partial charge is 0.0443 e. The SMILES string of the molecule is CCC(C)CCCC(C)CCCC(C)CCCC(C)CCCC(C)CC. The van der Waals surface area contributed by atoms with Gasteiger partial charge in [-0.05, 0) is 29.6 Å². The van der Waals surface area contributed by atoms with Gasteiger partial charge in [0.15, 0.2) is 0 Å². The Morgan fingerprint density at radius 2 is 0.538 bits per heavy atom. The molecule has 0 radical (unpaired) electrons. The van der Waals surface area contributed by atoms with Crippen molar-refractivity contribution in [1.29, 1.82) is 0 Å². The van der Waals surface area contributed by atoms with Gasteiger partial charge in [0, 0.05) is 0 Å². The molecule has 0 rings (SSSR count). The van der Waals surface area contributed by atoms with E-state index < -0.39 is 0 Å². The molecule has 0 aromatic rings. The van der Waals surface area contributed by atoms with E-state index in [-0.39, 0.29) is 0 Å². The van der Waals surface area contributed by atoms with Crippen molar-refractivity contribution in [2.24, 2.45) is 29.6 Å². The van der Waals surface area contributed by atoms with Gasteiger partial charge in [0.25, 0.3) is 0 Å². The molecule has 0 saturated heterocycles. The number of hydrogen-bond donors (Lipinski definition) is 0. The fourth-order valence-corrected chi connectivity index (χ4v) is 4.10. The highest BCUT2D eigenvalue weighted by molar-refractivity contribution is 4.62. The van der Waals surface area contributed by atoms with Crippen LogP contribution in [0.25, 0.3) is 0 Å². The van der Waals surface area contributed by atoms with Gasteiger partial charge in [-0.25, -0.2) is 0 Å². The summed E-state index contributed by atoms with van der Waals surface area (Å²) in [6.07, 6.45) is 20.1. The van der Waals surface area contributed by atoms with Crippen LogP contribution in [0.1, 0.15) is 138 Å². The van der Waals surface area contributed by atoms with Crippen molar-refractivity contribution < 1.29 is 0 Å². The fraction of sp³-hybridized carbons (Fsp3) is 1.00. The van der Waals surface area contributed by atoms with Gasteiger partial charge in [-0.3, -0.25) is 0 Å². The molecule has 0 nitrogen and oxygen atoms in total. The van der Waals surface area contributed by atoms with E-state index in [9.17, 15) is 0 Å². The summed E-state index contributed by atoms with van der Waals surface area (Å²) in [5, 5.41) is 0. The van der Waals surface area contributed by atoms with Crippen LogP contribution in [0.15, 0.2) is 0 Å². The van der Waals surface area contributed by atoms with Gasteiger partial charge in [-0.2, -0.15) is 0 Å². The van der Waals surface area contributed by atoms with Gasteiger partial charge < -0.3 is 0 Å². The molecule has 4 unspecified atom stereocenters. The molecule has 0 amide bonds. The molecule has 0 fully saturated rings. The Hall–Kier alpha value is 0. The lowest BCUT2D eigenvalue weighted by molar-refractivity contribution is 0.364. The lowest BCUT2D eigenvalue weighted by Gasteiger charge is -2.17. The quantitative estimate of drug-likeness (QED) is 0.226. The van der Waals surface area contributed by atoms with Crippen LogP contribution in [-0.2, 0) is 0 Å². The highest BCUT2D eigenvalue weighted by atomic mass is 14.1. The summed E-state index contributed by atoms with van der Waals surface area (Å²) in [5.74, 6) is 4.68. The molecule has 0 aromatic carbocycles. The van der Waals surface area contributed by atoms with E-state index in [4.69, 9.17) is 0 Å². The molecule has 0 heteroatoms. The van der Waals surface area contributed by atoms with Crippen molar-refractivity contribution >= 4 is 0 Å². The zero-order valence-electron chi connectivity index (χ0n) is 19.8. The van der Waals surface area contributed by atoms with E-state index in [1.165, 1.54) is 89.9 Å². The zero-order valence-corrected chi connectivity index (χ0v) is 19.8. The molecule has 0 aliphatic heterocycles. The van der Waals surface area contributed by atoms with Crippen LogP contribution >= 0.6 is 0 Å². The van der Waals surface area contributed by atoms with E-state index in [2.05, 4.69) is 48.5 Å². The van der Waals surface area contributed by atoms with Gasteiger partial charge >= 0.3 is 0 Å². The van der Waals surface area contributed by atoms with Crippen LogP contribution in [-0.4, -0.2) is 0 Å². The highest BCUT2D eigenvalue weighted by Gasteiger charge is 2.09. The van der Waals surface area contributed by atoms with Crippen LogP contribution in [0.5, 0.6) is 0 Å². The van der Waals surface area contributed by atoms with E-state index in [0.29, 0.717) is 0 Å². The minimum absolute atomic E-state index is 0.930. The minimum atomic E-state index is 0.930. The second-order valence-corrected chi connectivity index (χ2v) is 10.1. The fourth-order valence-electron chi connectivity index (χ4n) is 4.10. The third-order valence-electron chi connectivity index (χ3n) is 6.97. The van der Waals surface area contributed by atoms with Gasteiger partial charge in [0.05, 0.1) is 0 Å². The molecular weight excluding hydrogens is 312 g/mol. The van der Waals surface area contributed by atoms with E-state index in [1.54, 1.807) is 0 Å². The minimum Gasteiger partial charge on any atom is -0.0651 e. The standard InChI is InChI=1S/C26H54/c1-8-22(3)14-10-16-24(5)18-12-20-26(7)21-13-19-25(6)17-11-15-23(4)9-2/h22-26H,8-21H2,1-7H3. The predicted molar refractivity (Wildman–Crippen MR) is 122 cm³/mol. The Kier molecular flexibility index (Phi) is 17.1. The van der Waals surface area contributed by atoms with Gasteiger partial charge in [0.2, 0.25) is 0 Å². The molecule has 0 heterocycles. The van der Waals surface area contributed by atoms with Gasteiger partial charge in [-0.15, -0.1) is 0 Å². The maximum absolute atomic E-state index is 2.49. The summed E-state index contributed by atoms with van der Waals surface area (Å²) in [7, 11) is 0. The first kappa shape index (κ1) is 26.0. The van der Waals surface area contributed by atoms with Crippen molar-refractivity contribution in [3.8, 4) is 0 Å². The summed E-state index contributed by atoms with van der Waals surface area (Å²) in [5.41, 5.74) is 0. The first-order valence-electron chi connectivity index (χ1n) is 12.4. The third kappa shape index (κ3) is 16.2. The molecule has 0 aliphatic carbocycles. The highest BCUT2D eigenvalue weighted by Crippen LogP contribution is 2.24. The van der Waals surface area contributed by atoms with E-state index >= 15 is 0 Å². The molecule has 4 atom stereocenters. The largest absolute Gasteiger partial charge is 0.0651 e. The molecule has 0 aromatic heterocycles. The Morgan fingerprint density at radius 3 is 0.731 bits per heavy atom. The van der Waals surface area contributed by atoms with Crippen molar-refractivity contribution in [3.05, 3.63) is 0 Å². The Bertz CT molecular complexity index is 254. The molecular formula is C26H54. The number of rotatable bonds is 18. The summed E-state index contributed by atoms with van der Waals surface area (Å²) in [6, 6.07) is 0. The Labute approximate surface area is 168 Å². The summed E-state index contributed by atoms with van der Waals surface area (Å²) >= 11 is 0. The first-order chi connectivity index (χ1) is 12.4. The maximum atomic E-state index is 2.49. The monoisotopic (exact) mass is 366 g/mol. The number of hydrogen-bond acceptors (Lipinski definition) is 0. The Balaban J connectivity index is 3.54. The second-order valence-electron chi connectivity index (χ2n) is 10.1. The summed E-state index contributed by atoms with van der Waals surface area (Å²) in [6.45, 7) is 16.9. The molecule has 0 spiro atoms. The summed E-state index contributed by atoms with van der Waals surface area (Å²) < 4.78 is 0. The Morgan fingerprint density at radius 1 is 0.346 bits per heavy atom. The predicted octanol–water partition coefficient (Wildman–Crippen LogP) is 9.67. The normalized spacial score (nSPS) is 17.7. The lowest BCUT2D eigenvalue weighted by atomic mass is 9.89. The van der Waals surface area contributed by atoms with Crippen LogP contribution < -0.4 is 0 Å². The van der Waals surface area contributed by atoms with Crippen LogP contribution in [0.2, 0.25) is 0 Å². The first-order valence-corrected chi connectivity index (χ1v) is 12.4. The maximum Gasteiger partial charge on any atom is -0.0443 e. The van der Waals surface area contributed by atoms with Crippen LogP contribution in [0.3, 0.4) is 0 Å². The molecule has 0 N–H and O–H groups in total. The second kappa shape index (κ2) is 17.1. The van der Waals surface area contributed by atoms with Crippen molar-refractivity contribution in [2.75, 3.05) is 0 Å². The average Bonchev–Trinajstić information content (AvgIpc) is 2.61. The molecule has 26 heavy (non-hydrogen) atoms. The zero-order chi connectivity index (χ0) is 19.8. The lowest BCUT2D eigenvalue weighted by Crippen LogP contribution is -2.02.